The molecular weight excluding hydrogens is 250 g/mol. The number of rotatable bonds is 6. The Kier molecular flexibility index (Phi) is 5.99. The number of nitrogens with one attached hydrogen (secondary N) is 1. The molecule has 1 aromatic heterocycles. The van der Waals surface area contributed by atoms with Gasteiger partial charge in [-0.3, -0.25) is 9.78 Å². The lowest BCUT2D eigenvalue weighted by Crippen LogP contribution is -2.40. The first kappa shape index (κ1) is 15.0. The first-order valence-corrected chi connectivity index (χ1v) is 7.67. The molecule has 1 N–H and O–H groups in total. The van der Waals surface area contributed by atoms with E-state index in [1.165, 1.54) is 12.8 Å². The normalized spacial score (nSPS) is 16.1. The van der Waals surface area contributed by atoms with Crippen molar-refractivity contribution in [2.75, 3.05) is 26.2 Å². The molecule has 0 spiro atoms. The number of amides is 1. The molecular formula is C16H25N3O. The maximum Gasteiger partial charge on any atom is 0.227 e. The Balaban J connectivity index is 1.90. The van der Waals surface area contributed by atoms with E-state index in [1.54, 1.807) is 12.4 Å². The molecule has 4 heteroatoms. The van der Waals surface area contributed by atoms with Gasteiger partial charge in [0.25, 0.3) is 0 Å². The van der Waals surface area contributed by atoms with E-state index in [0.29, 0.717) is 12.3 Å². The third-order valence-corrected chi connectivity index (χ3v) is 3.86. The number of piperidine rings is 1. The molecule has 0 saturated carbocycles. The van der Waals surface area contributed by atoms with Crippen LogP contribution < -0.4 is 5.32 Å². The van der Waals surface area contributed by atoms with Gasteiger partial charge < -0.3 is 10.2 Å². The van der Waals surface area contributed by atoms with Crippen molar-refractivity contribution < 1.29 is 4.79 Å². The molecule has 1 fully saturated rings. The molecule has 0 atom stereocenters. The summed E-state index contributed by atoms with van der Waals surface area (Å²) in [6.07, 6.45) is 7.38. The van der Waals surface area contributed by atoms with Crippen molar-refractivity contribution in [3.05, 3.63) is 30.1 Å². The van der Waals surface area contributed by atoms with Crippen LogP contribution >= 0.6 is 0 Å². The molecule has 1 saturated heterocycles. The van der Waals surface area contributed by atoms with Gasteiger partial charge in [0.2, 0.25) is 5.91 Å². The van der Waals surface area contributed by atoms with Gasteiger partial charge in [-0.2, -0.15) is 0 Å². The number of nitrogens with zero attached hydrogens (tertiary/aromatic N) is 2. The largest absolute Gasteiger partial charge is 0.342 e. The Morgan fingerprint density at radius 1 is 1.45 bits per heavy atom. The molecule has 0 aliphatic carbocycles. The quantitative estimate of drug-likeness (QED) is 0.862. The molecule has 2 heterocycles. The van der Waals surface area contributed by atoms with Crippen molar-refractivity contribution in [3.63, 3.8) is 0 Å². The fraction of sp³-hybridized carbons (Fsp3) is 0.625. The monoisotopic (exact) mass is 275 g/mol. The molecule has 0 unspecified atom stereocenters. The van der Waals surface area contributed by atoms with Gasteiger partial charge in [0.15, 0.2) is 0 Å². The average molecular weight is 275 g/mol. The van der Waals surface area contributed by atoms with Crippen LogP contribution in [0.4, 0.5) is 0 Å². The molecule has 1 aromatic rings. The molecule has 0 radical (unpaired) electrons. The second kappa shape index (κ2) is 8.00. The molecule has 2 rings (SSSR count). The zero-order valence-electron chi connectivity index (χ0n) is 12.3. The van der Waals surface area contributed by atoms with Crippen molar-refractivity contribution in [1.82, 2.24) is 15.2 Å². The Labute approximate surface area is 121 Å². The lowest BCUT2D eigenvalue weighted by atomic mass is 9.97. The van der Waals surface area contributed by atoms with Crippen molar-refractivity contribution in [1.29, 1.82) is 0 Å². The smallest absolute Gasteiger partial charge is 0.227 e. The van der Waals surface area contributed by atoms with Gasteiger partial charge in [-0.25, -0.2) is 0 Å². The van der Waals surface area contributed by atoms with E-state index in [2.05, 4.69) is 17.2 Å². The van der Waals surface area contributed by atoms with Crippen molar-refractivity contribution in [2.45, 2.75) is 32.6 Å². The highest BCUT2D eigenvalue weighted by molar-refractivity contribution is 5.78. The van der Waals surface area contributed by atoms with Crippen LogP contribution in [0.15, 0.2) is 24.5 Å². The third-order valence-electron chi connectivity index (χ3n) is 3.86. The van der Waals surface area contributed by atoms with Crippen molar-refractivity contribution >= 4 is 5.91 Å². The Morgan fingerprint density at radius 2 is 2.25 bits per heavy atom. The van der Waals surface area contributed by atoms with E-state index in [0.717, 1.165) is 38.2 Å². The van der Waals surface area contributed by atoms with Crippen LogP contribution in [-0.4, -0.2) is 42.0 Å². The number of hydrogen-bond acceptors (Lipinski definition) is 3. The Hall–Kier alpha value is -1.42. The molecule has 0 aromatic carbocycles. The maximum atomic E-state index is 12.5. The van der Waals surface area contributed by atoms with Crippen molar-refractivity contribution in [3.8, 4) is 0 Å². The van der Waals surface area contributed by atoms with Crippen LogP contribution in [0.3, 0.4) is 0 Å². The molecule has 110 valence electrons. The van der Waals surface area contributed by atoms with Crippen LogP contribution in [0.25, 0.3) is 0 Å². The van der Waals surface area contributed by atoms with Gasteiger partial charge >= 0.3 is 0 Å². The van der Waals surface area contributed by atoms with Gasteiger partial charge in [0, 0.05) is 25.5 Å². The first-order chi connectivity index (χ1) is 9.79. The lowest BCUT2D eigenvalue weighted by Gasteiger charge is -2.30. The van der Waals surface area contributed by atoms with E-state index in [4.69, 9.17) is 0 Å². The summed E-state index contributed by atoms with van der Waals surface area (Å²) in [6, 6.07) is 3.86. The highest BCUT2D eigenvalue weighted by atomic mass is 16.2. The number of carbonyl (C=O) groups excluding carboxylic acids is 1. The second-order valence-electron chi connectivity index (χ2n) is 5.57. The van der Waals surface area contributed by atoms with Gasteiger partial charge in [0.1, 0.15) is 0 Å². The van der Waals surface area contributed by atoms with E-state index in [1.807, 2.05) is 17.0 Å². The highest BCUT2D eigenvalue weighted by Gasteiger charge is 2.20. The van der Waals surface area contributed by atoms with Gasteiger partial charge in [0.05, 0.1) is 6.42 Å². The van der Waals surface area contributed by atoms with E-state index >= 15 is 0 Å². The Bertz CT molecular complexity index is 401. The minimum Gasteiger partial charge on any atom is -0.342 e. The average Bonchev–Trinajstić information content (AvgIpc) is 2.49. The number of pyridine rings is 1. The molecule has 1 amide bonds. The summed E-state index contributed by atoms with van der Waals surface area (Å²) in [5.41, 5.74) is 1.00. The van der Waals surface area contributed by atoms with Crippen LogP contribution in [0.5, 0.6) is 0 Å². The SMILES string of the molecule is CCCN(CC1CCNCC1)C(=O)Cc1cccnc1. The van der Waals surface area contributed by atoms with Gasteiger partial charge in [-0.05, 0) is 49.9 Å². The lowest BCUT2D eigenvalue weighted by molar-refractivity contribution is -0.131. The van der Waals surface area contributed by atoms with Gasteiger partial charge in [-0.1, -0.05) is 13.0 Å². The number of aromatic nitrogens is 1. The predicted molar refractivity (Wildman–Crippen MR) is 80.4 cm³/mol. The summed E-state index contributed by atoms with van der Waals surface area (Å²) >= 11 is 0. The summed E-state index contributed by atoms with van der Waals surface area (Å²) < 4.78 is 0. The predicted octanol–water partition coefficient (Wildman–Crippen LogP) is 1.86. The summed E-state index contributed by atoms with van der Waals surface area (Å²) in [7, 11) is 0. The number of carbonyl (C=O) groups is 1. The first-order valence-electron chi connectivity index (χ1n) is 7.67. The summed E-state index contributed by atoms with van der Waals surface area (Å²) in [5, 5.41) is 3.38. The van der Waals surface area contributed by atoms with Crippen LogP contribution in [-0.2, 0) is 11.2 Å². The molecule has 4 nitrogen and oxygen atoms in total. The van der Waals surface area contributed by atoms with E-state index in [9.17, 15) is 4.79 Å². The molecule has 1 aliphatic heterocycles. The zero-order chi connectivity index (χ0) is 14.2. The molecule has 1 aliphatic rings. The Morgan fingerprint density at radius 3 is 2.90 bits per heavy atom. The standard InChI is InChI=1S/C16H25N3O/c1-2-10-19(13-14-5-8-17-9-6-14)16(20)11-15-4-3-7-18-12-15/h3-4,7,12,14,17H,2,5-6,8-11,13H2,1H3. The zero-order valence-corrected chi connectivity index (χ0v) is 12.3. The minimum atomic E-state index is 0.235. The van der Waals surface area contributed by atoms with Crippen LogP contribution in [0.2, 0.25) is 0 Å². The van der Waals surface area contributed by atoms with E-state index < -0.39 is 0 Å². The fourth-order valence-corrected chi connectivity index (χ4v) is 2.75. The van der Waals surface area contributed by atoms with Crippen LogP contribution in [0.1, 0.15) is 31.7 Å². The minimum absolute atomic E-state index is 0.235. The van der Waals surface area contributed by atoms with E-state index in [-0.39, 0.29) is 5.91 Å². The number of hydrogen-bond donors (Lipinski definition) is 1. The summed E-state index contributed by atoms with van der Waals surface area (Å²) in [5.74, 6) is 0.888. The third kappa shape index (κ3) is 4.60. The fourth-order valence-electron chi connectivity index (χ4n) is 2.75. The molecule has 20 heavy (non-hydrogen) atoms. The van der Waals surface area contributed by atoms with Crippen molar-refractivity contribution in [2.24, 2.45) is 5.92 Å². The molecule has 0 bridgehead atoms. The summed E-state index contributed by atoms with van der Waals surface area (Å²) in [6.45, 7) is 6.08. The maximum absolute atomic E-state index is 12.5. The summed E-state index contributed by atoms with van der Waals surface area (Å²) in [4.78, 5) is 18.6. The van der Waals surface area contributed by atoms with Gasteiger partial charge in [-0.15, -0.1) is 0 Å². The second-order valence-corrected chi connectivity index (χ2v) is 5.57. The highest BCUT2D eigenvalue weighted by Crippen LogP contribution is 2.14. The van der Waals surface area contributed by atoms with Crippen LogP contribution in [0, 0.1) is 5.92 Å². The topological polar surface area (TPSA) is 45.2 Å².